The molecule has 1 aromatic carbocycles. The molecule has 0 saturated heterocycles. The lowest BCUT2D eigenvalue weighted by molar-refractivity contribution is -0.172. The maximum Gasteiger partial charge on any atom is 0.408 e. The number of amides is 2. The SMILES string of the molecule is CC[C@@]1(O)C(=O)OCc2c1cc1n(c2=O)Cc2c-1nc1cc3c(cc1c2CCCNC(=O)CNC(=O)OC(C)(C)C)OCO3. The molecule has 3 aliphatic rings. The summed E-state index contributed by atoms with van der Waals surface area (Å²) < 4.78 is 23.2. The van der Waals surface area contributed by atoms with Crippen molar-refractivity contribution in [1.29, 1.82) is 0 Å². The normalized spacial score (nSPS) is 17.9. The molecule has 2 amide bonds. The molecular weight excluding hydrogens is 572 g/mol. The van der Waals surface area contributed by atoms with Crippen LogP contribution in [0.2, 0.25) is 0 Å². The van der Waals surface area contributed by atoms with Crippen molar-refractivity contribution in [2.75, 3.05) is 19.9 Å². The van der Waals surface area contributed by atoms with Crippen LogP contribution in [0.25, 0.3) is 22.3 Å². The molecule has 0 spiro atoms. The number of aliphatic hydroxyl groups is 1. The third kappa shape index (κ3) is 5.10. The number of carbonyl (C=O) groups is 3. The van der Waals surface area contributed by atoms with Crippen LogP contribution < -0.4 is 25.7 Å². The Morgan fingerprint density at radius 1 is 1.09 bits per heavy atom. The summed E-state index contributed by atoms with van der Waals surface area (Å²) in [5.74, 6) is 0.0189. The molecule has 2 aromatic heterocycles. The minimum absolute atomic E-state index is 0.0491. The average molecular weight is 607 g/mol. The summed E-state index contributed by atoms with van der Waals surface area (Å²) in [6.07, 6.45) is 0.463. The highest BCUT2D eigenvalue weighted by molar-refractivity contribution is 5.91. The number of cyclic esters (lactones) is 1. The molecule has 0 unspecified atom stereocenters. The lowest BCUT2D eigenvalue weighted by Gasteiger charge is -2.31. The van der Waals surface area contributed by atoms with Gasteiger partial charge in [-0.05, 0) is 57.7 Å². The first-order valence-electron chi connectivity index (χ1n) is 14.6. The summed E-state index contributed by atoms with van der Waals surface area (Å²) in [5.41, 5.74) is 1.05. The molecule has 0 fully saturated rings. The zero-order valence-electron chi connectivity index (χ0n) is 25.0. The first-order chi connectivity index (χ1) is 20.9. The van der Waals surface area contributed by atoms with Crippen molar-refractivity contribution in [1.82, 2.24) is 20.2 Å². The van der Waals surface area contributed by atoms with Crippen molar-refractivity contribution >= 4 is 28.9 Å². The van der Waals surface area contributed by atoms with Crippen molar-refractivity contribution in [3.05, 3.63) is 50.8 Å². The van der Waals surface area contributed by atoms with Crippen LogP contribution in [0, 0.1) is 0 Å². The Kier molecular flexibility index (Phi) is 7.23. The van der Waals surface area contributed by atoms with Gasteiger partial charge in [-0.25, -0.2) is 14.6 Å². The Bertz CT molecular complexity index is 1770. The van der Waals surface area contributed by atoms with Gasteiger partial charge < -0.3 is 39.3 Å². The lowest BCUT2D eigenvalue weighted by Crippen LogP contribution is -2.44. The Balaban J connectivity index is 1.29. The smallest absolute Gasteiger partial charge is 0.408 e. The number of benzene rings is 1. The van der Waals surface area contributed by atoms with Gasteiger partial charge in [0.25, 0.3) is 5.56 Å². The van der Waals surface area contributed by atoms with Crippen molar-refractivity contribution in [3.63, 3.8) is 0 Å². The number of nitrogens with one attached hydrogen (secondary N) is 2. The van der Waals surface area contributed by atoms with Gasteiger partial charge in [-0.2, -0.15) is 0 Å². The van der Waals surface area contributed by atoms with Gasteiger partial charge in [0.05, 0.1) is 35.6 Å². The molecule has 3 N–H and O–H groups in total. The summed E-state index contributed by atoms with van der Waals surface area (Å²) in [4.78, 5) is 55.4. The van der Waals surface area contributed by atoms with E-state index in [0.717, 1.165) is 16.5 Å². The zero-order valence-corrected chi connectivity index (χ0v) is 25.0. The summed E-state index contributed by atoms with van der Waals surface area (Å²) in [5, 5.41) is 17.3. The number of esters is 1. The number of aromatic nitrogens is 2. The molecule has 0 bridgehead atoms. The van der Waals surface area contributed by atoms with Crippen LogP contribution in [0.1, 0.15) is 62.8 Å². The molecule has 0 radical (unpaired) electrons. The van der Waals surface area contributed by atoms with Crippen LogP contribution in [0.3, 0.4) is 0 Å². The molecule has 3 aromatic rings. The van der Waals surface area contributed by atoms with Crippen LogP contribution in [-0.2, 0) is 44.2 Å². The van der Waals surface area contributed by atoms with Gasteiger partial charge in [0.2, 0.25) is 12.7 Å². The van der Waals surface area contributed by atoms with E-state index in [0.29, 0.717) is 47.8 Å². The van der Waals surface area contributed by atoms with E-state index in [4.69, 9.17) is 23.9 Å². The number of nitrogens with zero attached hydrogens (tertiary/aromatic N) is 2. The number of rotatable bonds is 7. The molecule has 6 rings (SSSR count). The highest BCUT2D eigenvalue weighted by Gasteiger charge is 2.45. The molecule has 1 atom stereocenters. The number of hydrogen-bond acceptors (Lipinski definition) is 10. The van der Waals surface area contributed by atoms with Crippen LogP contribution in [0.4, 0.5) is 4.79 Å². The first kappa shape index (κ1) is 29.4. The predicted molar refractivity (Wildman–Crippen MR) is 156 cm³/mol. The number of hydrogen-bond donors (Lipinski definition) is 3. The van der Waals surface area contributed by atoms with Crippen molar-refractivity contribution in [3.8, 4) is 22.9 Å². The fourth-order valence-electron chi connectivity index (χ4n) is 5.86. The van der Waals surface area contributed by atoms with E-state index in [9.17, 15) is 24.3 Å². The van der Waals surface area contributed by atoms with E-state index in [-0.39, 0.29) is 55.5 Å². The largest absolute Gasteiger partial charge is 0.458 e. The predicted octanol–water partition coefficient (Wildman–Crippen LogP) is 2.38. The number of alkyl carbamates (subject to hydrolysis) is 1. The molecular formula is C31H34N4O9. The second kappa shape index (κ2) is 10.8. The van der Waals surface area contributed by atoms with Gasteiger partial charge in [0, 0.05) is 29.1 Å². The lowest BCUT2D eigenvalue weighted by atomic mass is 9.86. The molecule has 5 heterocycles. The van der Waals surface area contributed by atoms with Gasteiger partial charge in [-0.1, -0.05) is 6.92 Å². The maximum absolute atomic E-state index is 13.7. The van der Waals surface area contributed by atoms with Crippen molar-refractivity contribution in [2.24, 2.45) is 0 Å². The highest BCUT2D eigenvalue weighted by atomic mass is 16.7. The van der Waals surface area contributed by atoms with Crippen molar-refractivity contribution in [2.45, 2.75) is 71.3 Å². The Morgan fingerprint density at radius 3 is 2.57 bits per heavy atom. The summed E-state index contributed by atoms with van der Waals surface area (Å²) >= 11 is 0. The Morgan fingerprint density at radius 2 is 1.84 bits per heavy atom. The number of aryl methyl sites for hydroxylation is 1. The molecule has 232 valence electrons. The van der Waals surface area contributed by atoms with E-state index < -0.39 is 23.3 Å². The summed E-state index contributed by atoms with van der Waals surface area (Å²) in [6, 6.07) is 5.35. The molecule has 3 aliphatic heterocycles. The third-order valence-corrected chi connectivity index (χ3v) is 8.02. The molecule has 0 aliphatic carbocycles. The van der Waals surface area contributed by atoms with Gasteiger partial charge in [-0.3, -0.25) is 9.59 Å². The van der Waals surface area contributed by atoms with Crippen LogP contribution in [0.15, 0.2) is 23.0 Å². The number of fused-ring (bicyclic) bond motifs is 6. The Labute approximate surface area is 252 Å². The number of carbonyl (C=O) groups excluding carboxylic acids is 3. The van der Waals surface area contributed by atoms with Crippen molar-refractivity contribution < 1.29 is 38.4 Å². The third-order valence-electron chi connectivity index (χ3n) is 8.02. The van der Waals surface area contributed by atoms with E-state index in [1.54, 1.807) is 44.4 Å². The molecule has 13 nitrogen and oxygen atoms in total. The van der Waals surface area contributed by atoms with Gasteiger partial charge in [0.1, 0.15) is 12.2 Å². The maximum atomic E-state index is 13.7. The van der Waals surface area contributed by atoms with Gasteiger partial charge >= 0.3 is 12.1 Å². The average Bonchev–Trinajstić information content (AvgIpc) is 3.58. The topological polar surface area (TPSA) is 167 Å². The van der Waals surface area contributed by atoms with Gasteiger partial charge in [0.15, 0.2) is 17.1 Å². The van der Waals surface area contributed by atoms with E-state index in [1.807, 2.05) is 6.07 Å². The van der Waals surface area contributed by atoms with E-state index in [2.05, 4.69) is 10.6 Å². The minimum Gasteiger partial charge on any atom is -0.458 e. The second-order valence-electron chi connectivity index (χ2n) is 12.1. The van der Waals surface area contributed by atoms with E-state index >= 15 is 0 Å². The minimum atomic E-state index is -1.92. The fourth-order valence-corrected chi connectivity index (χ4v) is 5.86. The number of ether oxygens (including phenoxy) is 4. The second-order valence-corrected chi connectivity index (χ2v) is 12.1. The van der Waals surface area contributed by atoms with Crippen LogP contribution >= 0.6 is 0 Å². The molecule has 13 heteroatoms. The van der Waals surface area contributed by atoms with Crippen LogP contribution in [0.5, 0.6) is 11.5 Å². The highest BCUT2D eigenvalue weighted by Crippen LogP contribution is 2.43. The van der Waals surface area contributed by atoms with Gasteiger partial charge in [-0.15, -0.1) is 0 Å². The standard InChI is InChI=1S/C31H34N4O9/c1-5-31(40)20-10-22-26-18(13-35(22)27(37)19(20)14-41-28(31)38)16(17-9-23-24(43-15-42-23)11-21(17)34-26)7-6-8-32-25(36)12-33-29(39)44-30(2,3)4/h9-11,40H,5-8,12-15H2,1-4H3,(H,32,36)(H,33,39)/t31-/m0/s1. The Hall–Kier alpha value is -4.65. The summed E-state index contributed by atoms with van der Waals surface area (Å²) in [6.45, 7) is 7.13. The molecule has 44 heavy (non-hydrogen) atoms. The number of pyridine rings is 2. The monoisotopic (exact) mass is 606 g/mol. The van der Waals surface area contributed by atoms with Crippen LogP contribution in [-0.4, -0.2) is 58.1 Å². The molecule has 0 saturated carbocycles. The quantitative estimate of drug-likeness (QED) is 0.210. The summed E-state index contributed by atoms with van der Waals surface area (Å²) in [7, 11) is 0. The first-order valence-corrected chi connectivity index (χ1v) is 14.6. The van der Waals surface area contributed by atoms with E-state index in [1.165, 1.54) is 0 Å². The zero-order chi connectivity index (χ0) is 31.4. The fraction of sp³-hybridized carbons (Fsp3) is 0.452.